The number of sulfonamides is 1. The molecule has 0 aliphatic carbocycles. The Morgan fingerprint density at radius 1 is 1.30 bits per heavy atom. The lowest BCUT2D eigenvalue weighted by Gasteiger charge is -2.12. The Labute approximate surface area is 181 Å². The molecule has 3 rings (SSSR count). The number of benzene rings is 2. The molecule has 30 heavy (non-hydrogen) atoms. The molecule has 1 aromatic heterocycles. The minimum atomic E-state index is -3.88. The van der Waals surface area contributed by atoms with E-state index in [1.165, 1.54) is 22.8 Å². The van der Waals surface area contributed by atoms with Crippen molar-refractivity contribution in [2.45, 2.75) is 16.6 Å². The highest BCUT2D eigenvalue weighted by molar-refractivity contribution is 7.99. The van der Waals surface area contributed by atoms with E-state index >= 15 is 0 Å². The molecule has 11 heteroatoms. The second-order valence-electron chi connectivity index (χ2n) is 6.17. The molecular weight excluding hydrogens is 448 g/mol. The molecule has 0 saturated carbocycles. The van der Waals surface area contributed by atoms with Gasteiger partial charge in [0.1, 0.15) is 0 Å². The van der Waals surface area contributed by atoms with E-state index in [0.717, 1.165) is 11.8 Å². The number of halogens is 1. The highest BCUT2D eigenvalue weighted by Crippen LogP contribution is 2.21. The highest BCUT2D eigenvalue weighted by atomic mass is 35.5. The minimum Gasteiger partial charge on any atom is -0.325 e. The van der Waals surface area contributed by atoms with Gasteiger partial charge in [0.15, 0.2) is 5.16 Å². The number of allylic oxidation sites excluding steroid dienone is 1. The SMILES string of the molecule is C=CCn1c(SCC(=O)Nc2cccc(S(N)(=O)=O)c2)nc2cc(Cl)ccc2c1=O. The van der Waals surface area contributed by atoms with Crippen LogP contribution in [0.2, 0.25) is 5.02 Å². The van der Waals surface area contributed by atoms with Gasteiger partial charge in [-0.2, -0.15) is 0 Å². The van der Waals surface area contributed by atoms with Crippen molar-refractivity contribution in [1.82, 2.24) is 9.55 Å². The summed E-state index contributed by atoms with van der Waals surface area (Å²) in [6, 6.07) is 10.4. The zero-order valence-corrected chi connectivity index (χ0v) is 17.9. The van der Waals surface area contributed by atoms with E-state index in [9.17, 15) is 18.0 Å². The summed E-state index contributed by atoms with van der Waals surface area (Å²) in [7, 11) is -3.88. The molecule has 1 heterocycles. The fourth-order valence-corrected chi connectivity index (χ4v) is 4.19. The number of anilines is 1. The van der Waals surface area contributed by atoms with Crippen molar-refractivity contribution < 1.29 is 13.2 Å². The van der Waals surface area contributed by atoms with Crippen molar-refractivity contribution in [2.75, 3.05) is 11.1 Å². The Kier molecular flexibility index (Phi) is 6.61. The largest absolute Gasteiger partial charge is 0.325 e. The van der Waals surface area contributed by atoms with Gasteiger partial charge in [-0.15, -0.1) is 6.58 Å². The van der Waals surface area contributed by atoms with Gasteiger partial charge in [0.2, 0.25) is 15.9 Å². The zero-order valence-electron chi connectivity index (χ0n) is 15.5. The maximum atomic E-state index is 12.8. The van der Waals surface area contributed by atoms with Gasteiger partial charge in [0.05, 0.1) is 21.6 Å². The number of amides is 1. The summed E-state index contributed by atoms with van der Waals surface area (Å²) in [6.07, 6.45) is 1.56. The molecule has 0 saturated heterocycles. The molecule has 3 aromatic rings. The van der Waals surface area contributed by atoms with Gasteiger partial charge in [-0.1, -0.05) is 35.5 Å². The second kappa shape index (κ2) is 9.00. The number of carbonyl (C=O) groups excluding carboxylic acids is 1. The predicted molar refractivity (Wildman–Crippen MR) is 118 cm³/mol. The van der Waals surface area contributed by atoms with Gasteiger partial charge in [0, 0.05) is 17.3 Å². The number of thioether (sulfide) groups is 1. The van der Waals surface area contributed by atoms with Crippen LogP contribution in [-0.4, -0.2) is 29.6 Å². The molecule has 2 aromatic carbocycles. The van der Waals surface area contributed by atoms with E-state index in [4.69, 9.17) is 16.7 Å². The summed E-state index contributed by atoms with van der Waals surface area (Å²) in [5.74, 6) is -0.466. The Morgan fingerprint density at radius 3 is 2.77 bits per heavy atom. The molecule has 0 aliphatic heterocycles. The molecule has 0 radical (unpaired) electrons. The Hall–Kier alpha value is -2.66. The molecule has 0 bridgehead atoms. The fraction of sp³-hybridized carbons (Fsp3) is 0.105. The first-order valence-corrected chi connectivity index (χ1v) is 11.5. The summed E-state index contributed by atoms with van der Waals surface area (Å²) in [5.41, 5.74) is 0.450. The fourth-order valence-electron chi connectivity index (χ4n) is 2.65. The first-order chi connectivity index (χ1) is 14.2. The van der Waals surface area contributed by atoms with Crippen LogP contribution in [-0.2, 0) is 21.4 Å². The smallest absolute Gasteiger partial charge is 0.262 e. The maximum absolute atomic E-state index is 12.8. The lowest BCUT2D eigenvalue weighted by atomic mass is 10.2. The van der Waals surface area contributed by atoms with E-state index in [1.807, 2.05) is 0 Å². The third-order valence-electron chi connectivity index (χ3n) is 3.97. The first-order valence-electron chi connectivity index (χ1n) is 8.55. The molecule has 1 amide bonds. The van der Waals surface area contributed by atoms with Crippen LogP contribution in [0.15, 0.2) is 70.0 Å². The van der Waals surface area contributed by atoms with Gasteiger partial charge in [-0.3, -0.25) is 14.2 Å². The van der Waals surface area contributed by atoms with Gasteiger partial charge in [-0.05, 0) is 36.4 Å². The zero-order chi connectivity index (χ0) is 21.9. The molecule has 3 N–H and O–H groups in total. The number of hydrogen-bond acceptors (Lipinski definition) is 6. The second-order valence-corrected chi connectivity index (χ2v) is 9.11. The number of hydrogen-bond donors (Lipinski definition) is 2. The van der Waals surface area contributed by atoms with E-state index in [-0.39, 0.29) is 28.4 Å². The van der Waals surface area contributed by atoms with Gasteiger partial charge >= 0.3 is 0 Å². The Balaban J connectivity index is 1.82. The van der Waals surface area contributed by atoms with E-state index in [0.29, 0.717) is 21.1 Å². The standard InChI is InChI=1S/C19H17ClN4O4S2/c1-2-8-24-18(26)15-7-6-12(20)9-16(15)23-19(24)29-11-17(25)22-13-4-3-5-14(10-13)30(21,27)28/h2-7,9-10H,1,8,11H2,(H,22,25)(H2,21,27,28). The van der Waals surface area contributed by atoms with Crippen molar-refractivity contribution in [3.8, 4) is 0 Å². The van der Waals surface area contributed by atoms with Crippen LogP contribution in [0.5, 0.6) is 0 Å². The molecular formula is C19H17ClN4O4S2. The van der Waals surface area contributed by atoms with E-state index < -0.39 is 15.9 Å². The van der Waals surface area contributed by atoms with Crippen LogP contribution in [0, 0.1) is 0 Å². The van der Waals surface area contributed by atoms with Crippen molar-refractivity contribution in [3.05, 3.63) is 70.5 Å². The van der Waals surface area contributed by atoms with Crippen molar-refractivity contribution in [1.29, 1.82) is 0 Å². The summed E-state index contributed by atoms with van der Waals surface area (Å²) >= 11 is 7.06. The summed E-state index contributed by atoms with van der Waals surface area (Å²) in [5, 5.41) is 8.90. The molecule has 8 nitrogen and oxygen atoms in total. The van der Waals surface area contributed by atoms with Crippen LogP contribution in [0.25, 0.3) is 10.9 Å². The van der Waals surface area contributed by atoms with Crippen LogP contribution in [0.3, 0.4) is 0 Å². The number of primary sulfonamides is 1. The third-order valence-corrected chi connectivity index (χ3v) is 6.10. The molecule has 0 aliphatic rings. The molecule has 0 spiro atoms. The summed E-state index contributed by atoms with van der Waals surface area (Å²) in [4.78, 5) is 29.5. The first kappa shape index (κ1) is 22.0. The van der Waals surface area contributed by atoms with E-state index in [2.05, 4.69) is 16.9 Å². The number of nitrogens with zero attached hydrogens (tertiary/aromatic N) is 2. The van der Waals surface area contributed by atoms with Crippen molar-refractivity contribution in [3.63, 3.8) is 0 Å². The Bertz CT molecular complexity index is 1310. The summed E-state index contributed by atoms with van der Waals surface area (Å²) in [6.45, 7) is 3.88. The van der Waals surface area contributed by atoms with Gasteiger partial charge in [-0.25, -0.2) is 18.5 Å². The number of nitrogens with one attached hydrogen (secondary N) is 1. The predicted octanol–water partition coefficient (Wildman–Crippen LogP) is 2.61. The average molecular weight is 465 g/mol. The van der Waals surface area contributed by atoms with Crippen molar-refractivity contribution in [2.24, 2.45) is 5.14 Å². The van der Waals surface area contributed by atoms with Gasteiger partial charge < -0.3 is 5.32 Å². The lowest BCUT2D eigenvalue weighted by Crippen LogP contribution is -2.24. The highest BCUT2D eigenvalue weighted by Gasteiger charge is 2.14. The number of fused-ring (bicyclic) bond motifs is 1. The van der Waals surface area contributed by atoms with Crippen LogP contribution in [0.4, 0.5) is 5.69 Å². The van der Waals surface area contributed by atoms with Crippen LogP contribution < -0.4 is 16.0 Å². The quantitative estimate of drug-likeness (QED) is 0.314. The minimum absolute atomic E-state index is 0.0603. The average Bonchev–Trinajstić information content (AvgIpc) is 2.68. The van der Waals surface area contributed by atoms with Crippen LogP contribution >= 0.6 is 23.4 Å². The van der Waals surface area contributed by atoms with Gasteiger partial charge in [0.25, 0.3) is 5.56 Å². The maximum Gasteiger partial charge on any atom is 0.262 e. The summed E-state index contributed by atoms with van der Waals surface area (Å²) < 4.78 is 24.3. The molecule has 0 fully saturated rings. The molecule has 0 atom stereocenters. The third kappa shape index (κ3) is 5.08. The number of carbonyl (C=O) groups is 1. The number of nitrogens with two attached hydrogens (primary N) is 1. The Morgan fingerprint density at radius 2 is 2.07 bits per heavy atom. The lowest BCUT2D eigenvalue weighted by molar-refractivity contribution is -0.113. The number of rotatable bonds is 7. The van der Waals surface area contributed by atoms with Crippen molar-refractivity contribution >= 4 is 55.9 Å². The van der Waals surface area contributed by atoms with Crippen LogP contribution in [0.1, 0.15) is 0 Å². The molecule has 156 valence electrons. The topological polar surface area (TPSA) is 124 Å². The monoisotopic (exact) mass is 464 g/mol. The number of aromatic nitrogens is 2. The van der Waals surface area contributed by atoms with E-state index in [1.54, 1.807) is 30.3 Å². The normalized spacial score (nSPS) is 11.4. The molecule has 0 unspecified atom stereocenters.